The van der Waals surface area contributed by atoms with E-state index in [-0.39, 0.29) is 0 Å². The van der Waals surface area contributed by atoms with Gasteiger partial charge in [-0.3, -0.25) is 0 Å². The summed E-state index contributed by atoms with van der Waals surface area (Å²) in [6.45, 7) is 2.46. The predicted molar refractivity (Wildman–Crippen MR) is 52.5 cm³/mol. The van der Waals surface area contributed by atoms with Gasteiger partial charge < -0.3 is 4.74 Å². The van der Waals surface area contributed by atoms with Gasteiger partial charge in [-0.25, -0.2) is 9.67 Å². The van der Waals surface area contributed by atoms with Crippen LogP contribution in [0.4, 0.5) is 4.39 Å². The molecule has 0 fully saturated rings. The van der Waals surface area contributed by atoms with Crippen LogP contribution < -0.4 is 4.74 Å². The number of halogens is 1. The SMILES string of the molecule is CCOc1cnn(-c2cccc(F)n2)c1. The molecule has 0 atom stereocenters. The Kier molecular flexibility index (Phi) is 2.62. The lowest BCUT2D eigenvalue weighted by atomic mass is 10.4. The lowest BCUT2D eigenvalue weighted by molar-refractivity contribution is 0.340. The van der Waals surface area contributed by atoms with E-state index >= 15 is 0 Å². The number of aromatic nitrogens is 3. The summed E-state index contributed by atoms with van der Waals surface area (Å²) in [5, 5.41) is 4.01. The zero-order valence-corrected chi connectivity index (χ0v) is 8.22. The van der Waals surface area contributed by atoms with Crippen molar-refractivity contribution in [1.82, 2.24) is 14.8 Å². The molecule has 78 valence electrons. The van der Waals surface area contributed by atoms with Crippen molar-refractivity contribution in [2.45, 2.75) is 6.92 Å². The Bertz CT molecular complexity index is 455. The summed E-state index contributed by atoms with van der Waals surface area (Å²) in [5.41, 5.74) is 0. The van der Waals surface area contributed by atoms with Crippen LogP contribution in [0, 0.1) is 5.95 Å². The smallest absolute Gasteiger partial charge is 0.214 e. The van der Waals surface area contributed by atoms with E-state index in [1.807, 2.05) is 6.92 Å². The van der Waals surface area contributed by atoms with E-state index in [1.165, 1.54) is 10.7 Å². The highest BCUT2D eigenvalue weighted by molar-refractivity contribution is 5.24. The van der Waals surface area contributed by atoms with Crippen LogP contribution in [0.2, 0.25) is 0 Å². The molecule has 4 nitrogen and oxygen atoms in total. The molecule has 0 saturated heterocycles. The van der Waals surface area contributed by atoms with Gasteiger partial charge in [-0.05, 0) is 19.1 Å². The van der Waals surface area contributed by atoms with Crippen molar-refractivity contribution in [3.63, 3.8) is 0 Å². The molecular weight excluding hydrogens is 197 g/mol. The van der Waals surface area contributed by atoms with Crippen molar-refractivity contribution in [3.05, 3.63) is 36.5 Å². The Balaban J connectivity index is 2.29. The average Bonchev–Trinajstić information content (AvgIpc) is 2.67. The van der Waals surface area contributed by atoms with Gasteiger partial charge in [-0.15, -0.1) is 0 Å². The molecule has 0 radical (unpaired) electrons. The zero-order chi connectivity index (χ0) is 10.7. The fraction of sp³-hybridized carbons (Fsp3) is 0.200. The maximum atomic E-state index is 12.8. The normalized spacial score (nSPS) is 10.3. The maximum absolute atomic E-state index is 12.8. The topological polar surface area (TPSA) is 39.9 Å². The third kappa shape index (κ3) is 2.12. The molecule has 2 heterocycles. The van der Waals surface area contributed by atoms with E-state index in [0.717, 1.165) is 0 Å². The largest absolute Gasteiger partial charge is 0.491 e. The van der Waals surface area contributed by atoms with Crippen molar-refractivity contribution in [1.29, 1.82) is 0 Å². The van der Waals surface area contributed by atoms with Crippen LogP contribution in [0.5, 0.6) is 5.75 Å². The van der Waals surface area contributed by atoms with Crippen LogP contribution in [-0.4, -0.2) is 21.4 Å². The van der Waals surface area contributed by atoms with Crippen molar-refractivity contribution in [2.75, 3.05) is 6.61 Å². The predicted octanol–water partition coefficient (Wildman–Crippen LogP) is 1.81. The lowest BCUT2D eigenvalue weighted by Crippen LogP contribution is -1.98. The molecule has 0 bridgehead atoms. The van der Waals surface area contributed by atoms with Crippen LogP contribution in [-0.2, 0) is 0 Å². The van der Waals surface area contributed by atoms with E-state index in [0.29, 0.717) is 18.2 Å². The van der Waals surface area contributed by atoms with Gasteiger partial charge in [0.05, 0.1) is 19.0 Å². The summed E-state index contributed by atoms with van der Waals surface area (Å²) >= 11 is 0. The highest BCUT2D eigenvalue weighted by atomic mass is 19.1. The van der Waals surface area contributed by atoms with Gasteiger partial charge in [-0.2, -0.15) is 9.49 Å². The number of hydrogen-bond donors (Lipinski definition) is 0. The molecule has 2 aromatic rings. The summed E-state index contributed by atoms with van der Waals surface area (Å²) in [4.78, 5) is 3.70. The monoisotopic (exact) mass is 207 g/mol. The molecule has 15 heavy (non-hydrogen) atoms. The second kappa shape index (κ2) is 4.08. The third-order valence-electron chi connectivity index (χ3n) is 1.81. The molecule has 0 aliphatic rings. The van der Waals surface area contributed by atoms with E-state index in [2.05, 4.69) is 10.1 Å². The molecule has 2 rings (SSSR count). The first-order valence-corrected chi connectivity index (χ1v) is 4.60. The summed E-state index contributed by atoms with van der Waals surface area (Å²) in [5.74, 6) is 0.547. The van der Waals surface area contributed by atoms with E-state index in [1.54, 1.807) is 24.5 Å². The average molecular weight is 207 g/mol. The first-order valence-electron chi connectivity index (χ1n) is 4.60. The van der Waals surface area contributed by atoms with Crippen LogP contribution in [0.1, 0.15) is 6.92 Å². The minimum absolute atomic E-state index is 0.431. The van der Waals surface area contributed by atoms with Crippen molar-refractivity contribution in [3.8, 4) is 11.6 Å². The van der Waals surface area contributed by atoms with E-state index in [4.69, 9.17) is 4.74 Å². The van der Waals surface area contributed by atoms with E-state index < -0.39 is 5.95 Å². The Morgan fingerprint density at radius 1 is 1.47 bits per heavy atom. The van der Waals surface area contributed by atoms with Crippen LogP contribution >= 0.6 is 0 Å². The molecule has 2 aromatic heterocycles. The molecule has 0 aromatic carbocycles. The summed E-state index contributed by atoms with van der Waals surface area (Å²) < 4.78 is 19.5. The minimum Gasteiger partial charge on any atom is -0.491 e. The molecule has 5 heteroatoms. The standard InChI is InChI=1S/C10H10FN3O/c1-2-15-8-6-12-14(7-8)10-5-3-4-9(11)13-10/h3-7H,2H2,1H3. The van der Waals surface area contributed by atoms with Gasteiger partial charge >= 0.3 is 0 Å². The van der Waals surface area contributed by atoms with Gasteiger partial charge in [0, 0.05) is 0 Å². The number of rotatable bonds is 3. The third-order valence-corrected chi connectivity index (χ3v) is 1.81. The first-order chi connectivity index (χ1) is 7.29. The fourth-order valence-electron chi connectivity index (χ4n) is 1.20. The minimum atomic E-state index is -0.527. The Morgan fingerprint density at radius 2 is 2.33 bits per heavy atom. The van der Waals surface area contributed by atoms with Gasteiger partial charge in [0.2, 0.25) is 5.95 Å². The highest BCUT2D eigenvalue weighted by Crippen LogP contribution is 2.11. The van der Waals surface area contributed by atoms with Crippen LogP contribution in [0.15, 0.2) is 30.6 Å². The number of nitrogens with zero attached hydrogens (tertiary/aromatic N) is 3. The first kappa shape index (κ1) is 9.64. The quantitative estimate of drug-likeness (QED) is 0.720. The molecule has 0 aliphatic carbocycles. The number of pyridine rings is 1. The number of ether oxygens (including phenoxy) is 1. The highest BCUT2D eigenvalue weighted by Gasteiger charge is 2.02. The zero-order valence-electron chi connectivity index (χ0n) is 8.22. The molecule has 0 spiro atoms. The van der Waals surface area contributed by atoms with Crippen molar-refractivity contribution < 1.29 is 9.13 Å². The molecular formula is C10H10FN3O. The number of hydrogen-bond acceptors (Lipinski definition) is 3. The van der Waals surface area contributed by atoms with Crippen LogP contribution in [0.3, 0.4) is 0 Å². The molecule has 0 aliphatic heterocycles. The Morgan fingerprint density at radius 3 is 3.07 bits per heavy atom. The van der Waals surface area contributed by atoms with Crippen molar-refractivity contribution in [2.24, 2.45) is 0 Å². The Hall–Kier alpha value is -1.91. The summed E-state index contributed by atoms with van der Waals surface area (Å²) in [6.07, 6.45) is 3.22. The van der Waals surface area contributed by atoms with Crippen molar-refractivity contribution >= 4 is 0 Å². The Labute approximate surface area is 86.3 Å². The van der Waals surface area contributed by atoms with Crippen LogP contribution in [0.25, 0.3) is 5.82 Å². The molecule has 0 N–H and O–H groups in total. The second-order valence-electron chi connectivity index (χ2n) is 2.87. The van der Waals surface area contributed by atoms with Gasteiger partial charge in [0.1, 0.15) is 0 Å². The van der Waals surface area contributed by atoms with Gasteiger partial charge in [0.25, 0.3) is 0 Å². The molecule has 0 saturated carbocycles. The fourth-order valence-corrected chi connectivity index (χ4v) is 1.20. The maximum Gasteiger partial charge on any atom is 0.214 e. The second-order valence-corrected chi connectivity index (χ2v) is 2.87. The summed E-state index contributed by atoms with van der Waals surface area (Å²) in [7, 11) is 0. The molecule has 0 amide bonds. The van der Waals surface area contributed by atoms with Gasteiger partial charge in [0.15, 0.2) is 11.6 Å². The van der Waals surface area contributed by atoms with Gasteiger partial charge in [-0.1, -0.05) is 6.07 Å². The summed E-state index contributed by atoms with van der Waals surface area (Å²) in [6, 6.07) is 4.54. The lowest BCUT2D eigenvalue weighted by Gasteiger charge is -1.99. The van der Waals surface area contributed by atoms with E-state index in [9.17, 15) is 4.39 Å². The molecule has 0 unspecified atom stereocenters.